The minimum Gasteiger partial charge on any atom is -0.341 e. The first kappa shape index (κ1) is 18.2. The second-order valence-electron chi connectivity index (χ2n) is 6.43. The molecule has 1 amide bonds. The Balaban J connectivity index is 1.80. The van der Waals surface area contributed by atoms with Crippen molar-refractivity contribution in [3.05, 3.63) is 47.8 Å². The van der Waals surface area contributed by atoms with Crippen molar-refractivity contribution in [2.45, 2.75) is 25.9 Å². The Kier molecular flexibility index (Phi) is 5.11. The highest BCUT2D eigenvalue weighted by molar-refractivity contribution is 6.03. The van der Waals surface area contributed by atoms with Crippen molar-refractivity contribution in [1.29, 1.82) is 0 Å². The van der Waals surface area contributed by atoms with Crippen LogP contribution in [0.1, 0.15) is 35.8 Å². The van der Waals surface area contributed by atoms with Crippen LogP contribution >= 0.6 is 0 Å². The SMILES string of the molecule is CC1CCCN(c2nccc(C(=O)Nc3ccccc3C(F)(F)F)n2)C1. The number of hydrogen-bond acceptors (Lipinski definition) is 4. The van der Waals surface area contributed by atoms with Gasteiger partial charge in [0.15, 0.2) is 0 Å². The first-order valence-electron chi connectivity index (χ1n) is 8.40. The molecule has 1 unspecified atom stereocenters. The van der Waals surface area contributed by atoms with Crippen molar-refractivity contribution >= 4 is 17.5 Å². The summed E-state index contributed by atoms with van der Waals surface area (Å²) in [5.74, 6) is 0.229. The minimum atomic E-state index is -4.55. The molecule has 1 saturated heterocycles. The number of hydrogen-bond donors (Lipinski definition) is 1. The fraction of sp³-hybridized carbons (Fsp3) is 0.389. The van der Waals surface area contributed by atoms with E-state index < -0.39 is 17.6 Å². The van der Waals surface area contributed by atoms with Crippen molar-refractivity contribution in [1.82, 2.24) is 9.97 Å². The molecule has 3 rings (SSSR count). The van der Waals surface area contributed by atoms with Crippen molar-refractivity contribution in [2.24, 2.45) is 5.92 Å². The molecule has 1 aliphatic heterocycles. The van der Waals surface area contributed by atoms with Crippen LogP contribution in [0.2, 0.25) is 0 Å². The molecule has 0 bridgehead atoms. The zero-order valence-corrected chi connectivity index (χ0v) is 14.3. The molecule has 1 fully saturated rings. The Morgan fingerprint density at radius 2 is 2.04 bits per heavy atom. The van der Waals surface area contributed by atoms with Crippen molar-refractivity contribution in [3.63, 3.8) is 0 Å². The Bertz CT molecular complexity index is 794. The van der Waals surface area contributed by atoms with Gasteiger partial charge in [-0.25, -0.2) is 9.97 Å². The number of rotatable bonds is 3. The number of nitrogens with zero attached hydrogens (tertiary/aromatic N) is 3. The lowest BCUT2D eigenvalue weighted by atomic mass is 10.0. The van der Waals surface area contributed by atoms with E-state index in [-0.39, 0.29) is 11.4 Å². The molecule has 0 radical (unpaired) electrons. The van der Waals surface area contributed by atoms with Gasteiger partial charge in [0.05, 0.1) is 11.3 Å². The number of carbonyl (C=O) groups is 1. The number of halogens is 3. The number of alkyl halides is 3. The van der Waals surface area contributed by atoms with Crippen LogP contribution < -0.4 is 10.2 Å². The third-order valence-electron chi connectivity index (χ3n) is 4.30. The highest BCUT2D eigenvalue weighted by Gasteiger charge is 2.33. The predicted molar refractivity (Wildman–Crippen MR) is 92.0 cm³/mol. The van der Waals surface area contributed by atoms with Gasteiger partial charge in [-0.05, 0) is 37.0 Å². The molecule has 0 spiro atoms. The number of aromatic nitrogens is 2. The van der Waals surface area contributed by atoms with Gasteiger partial charge in [0.1, 0.15) is 5.69 Å². The number of benzene rings is 1. The van der Waals surface area contributed by atoms with Crippen LogP contribution in [-0.2, 0) is 6.18 Å². The number of anilines is 2. The summed E-state index contributed by atoms with van der Waals surface area (Å²) in [7, 11) is 0. The summed E-state index contributed by atoms with van der Waals surface area (Å²) in [6.45, 7) is 3.73. The van der Waals surface area contributed by atoms with Crippen LogP contribution in [0, 0.1) is 5.92 Å². The summed E-state index contributed by atoms with van der Waals surface area (Å²) < 4.78 is 39.2. The van der Waals surface area contributed by atoms with Crippen LogP contribution in [0.3, 0.4) is 0 Å². The topological polar surface area (TPSA) is 58.1 Å². The monoisotopic (exact) mass is 364 g/mol. The van der Waals surface area contributed by atoms with Gasteiger partial charge in [0.2, 0.25) is 5.95 Å². The first-order valence-corrected chi connectivity index (χ1v) is 8.40. The molecule has 1 aromatic carbocycles. The average molecular weight is 364 g/mol. The van der Waals surface area contributed by atoms with E-state index >= 15 is 0 Å². The largest absolute Gasteiger partial charge is 0.418 e. The molecule has 1 N–H and O–H groups in total. The summed E-state index contributed by atoms with van der Waals surface area (Å²) in [4.78, 5) is 22.8. The standard InChI is InChI=1S/C18H19F3N4O/c1-12-5-4-10-25(11-12)17-22-9-8-15(24-17)16(26)23-14-7-3-2-6-13(14)18(19,20)21/h2-3,6-9,12H,4-5,10-11H2,1H3,(H,23,26). The van der Waals surface area contributed by atoms with Crippen LogP contribution in [0.25, 0.3) is 0 Å². The molecule has 0 aliphatic carbocycles. The van der Waals surface area contributed by atoms with Gasteiger partial charge >= 0.3 is 6.18 Å². The Hall–Kier alpha value is -2.64. The molecule has 26 heavy (non-hydrogen) atoms. The van der Waals surface area contributed by atoms with E-state index in [1.807, 2.05) is 4.90 Å². The number of piperidine rings is 1. The quantitative estimate of drug-likeness (QED) is 0.895. The molecule has 1 atom stereocenters. The smallest absolute Gasteiger partial charge is 0.341 e. The molecule has 138 valence electrons. The second-order valence-corrected chi connectivity index (χ2v) is 6.43. The van der Waals surface area contributed by atoms with Gasteiger partial charge < -0.3 is 10.2 Å². The Labute approximate surface area is 149 Å². The molecule has 2 aromatic rings. The van der Waals surface area contributed by atoms with Gasteiger partial charge in [-0.3, -0.25) is 4.79 Å². The number of carbonyl (C=O) groups excluding carboxylic acids is 1. The summed E-state index contributed by atoms with van der Waals surface area (Å²) in [6.07, 6.45) is -0.957. The van der Waals surface area contributed by atoms with Crippen molar-refractivity contribution in [3.8, 4) is 0 Å². The molecule has 0 saturated carbocycles. The maximum absolute atomic E-state index is 13.1. The normalized spacial score (nSPS) is 17.8. The van der Waals surface area contributed by atoms with E-state index in [1.54, 1.807) is 0 Å². The van der Waals surface area contributed by atoms with Gasteiger partial charge in [-0.1, -0.05) is 19.1 Å². The third kappa shape index (κ3) is 4.12. The molecule has 8 heteroatoms. The van der Waals surface area contributed by atoms with Gasteiger partial charge in [-0.15, -0.1) is 0 Å². The number of para-hydroxylation sites is 1. The summed E-state index contributed by atoms with van der Waals surface area (Å²) in [5.41, 5.74) is -1.16. The van der Waals surface area contributed by atoms with E-state index in [0.29, 0.717) is 11.9 Å². The highest BCUT2D eigenvalue weighted by Crippen LogP contribution is 2.34. The molecule has 2 heterocycles. The number of nitrogens with one attached hydrogen (secondary N) is 1. The van der Waals surface area contributed by atoms with E-state index in [2.05, 4.69) is 22.2 Å². The van der Waals surface area contributed by atoms with Gasteiger partial charge in [0.25, 0.3) is 5.91 Å². The van der Waals surface area contributed by atoms with Crippen LogP contribution in [-0.4, -0.2) is 29.0 Å². The van der Waals surface area contributed by atoms with Crippen LogP contribution in [0.5, 0.6) is 0 Å². The molecule has 1 aromatic heterocycles. The maximum atomic E-state index is 13.1. The zero-order valence-electron chi connectivity index (χ0n) is 14.3. The summed E-state index contributed by atoms with van der Waals surface area (Å²) in [6, 6.07) is 6.25. The van der Waals surface area contributed by atoms with E-state index in [4.69, 9.17) is 0 Å². The van der Waals surface area contributed by atoms with Gasteiger partial charge in [0, 0.05) is 19.3 Å². The highest BCUT2D eigenvalue weighted by atomic mass is 19.4. The summed E-state index contributed by atoms with van der Waals surface area (Å²) in [5, 5.41) is 2.30. The Morgan fingerprint density at radius 3 is 2.77 bits per heavy atom. The first-order chi connectivity index (χ1) is 12.3. The van der Waals surface area contributed by atoms with Crippen LogP contribution in [0.15, 0.2) is 36.5 Å². The summed E-state index contributed by atoms with van der Waals surface area (Å²) >= 11 is 0. The molecule has 1 aliphatic rings. The van der Waals surface area contributed by atoms with Crippen LogP contribution in [0.4, 0.5) is 24.8 Å². The van der Waals surface area contributed by atoms with E-state index in [9.17, 15) is 18.0 Å². The molecular weight excluding hydrogens is 345 g/mol. The second kappa shape index (κ2) is 7.31. The molecule has 5 nitrogen and oxygen atoms in total. The third-order valence-corrected chi connectivity index (χ3v) is 4.30. The van der Waals surface area contributed by atoms with Gasteiger partial charge in [-0.2, -0.15) is 13.2 Å². The minimum absolute atomic E-state index is 0.0326. The van der Waals surface area contributed by atoms with Crippen molar-refractivity contribution < 1.29 is 18.0 Å². The zero-order chi connectivity index (χ0) is 18.7. The Morgan fingerprint density at radius 1 is 1.27 bits per heavy atom. The van der Waals surface area contributed by atoms with E-state index in [0.717, 1.165) is 32.0 Å². The fourth-order valence-corrected chi connectivity index (χ4v) is 3.02. The lowest BCUT2D eigenvalue weighted by Crippen LogP contribution is -2.35. The average Bonchev–Trinajstić information content (AvgIpc) is 2.61. The fourth-order valence-electron chi connectivity index (χ4n) is 3.02. The lowest BCUT2D eigenvalue weighted by Gasteiger charge is -2.30. The lowest BCUT2D eigenvalue weighted by molar-refractivity contribution is -0.136. The number of amides is 1. The molecular formula is C18H19F3N4O. The van der Waals surface area contributed by atoms with E-state index in [1.165, 1.54) is 30.5 Å². The predicted octanol–water partition coefficient (Wildman–Crippen LogP) is 3.98. The maximum Gasteiger partial charge on any atom is 0.418 e. The van der Waals surface area contributed by atoms with Crippen molar-refractivity contribution in [2.75, 3.05) is 23.3 Å².